The van der Waals surface area contributed by atoms with Crippen LogP contribution < -0.4 is 5.32 Å². The Morgan fingerprint density at radius 2 is 1.94 bits per heavy atom. The van der Waals surface area contributed by atoms with Gasteiger partial charge in [0.1, 0.15) is 5.54 Å². The van der Waals surface area contributed by atoms with Crippen molar-refractivity contribution in [1.82, 2.24) is 0 Å². The zero-order valence-corrected chi connectivity index (χ0v) is 9.57. The molecule has 0 radical (unpaired) electrons. The summed E-state index contributed by atoms with van der Waals surface area (Å²) in [4.78, 5) is 4.32. The van der Waals surface area contributed by atoms with Crippen LogP contribution in [-0.4, -0.2) is 39.9 Å². The number of amidine groups is 1. The summed E-state index contributed by atoms with van der Waals surface area (Å²) < 4.78 is 0. The predicted octanol–water partition coefficient (Wildman–Crippen LogP) is 0.925. The molecule has 0 atom stereocenters. The molecule has 1 aromatic rings. The smallest absolute Gasteiger partial charge is 0.161 e. The van der Waals surface area contributed by atoms with E-state index in [0.29, 0.717) is 5.75 Å². The van der Waals surface area contributed by atoms with Crippen molar-refractivity contribution in [2.45, 2.75) is 5.54 Å². The van der Waals surface area contributed by atoms with Gasteiger partial charge >= 0.3 is 0 Å². The Bertz CT molecular complexity index is 377. The molecule has 4 nitrogen and oxygen atoms in total. The Hall–Kier alpha value is -1.04. The number of rotatable bonds is 3. The SMILES string of the molecule is OCC1(CO)CSC(Nc2ccccc2)=N1. The van der Waals surface area contributed by atoms with Crippen LogP contribution in [0.2, 0.25) is 0 Å². The van der Waals surface area contributed by atoms with Gasteiger partial charge in [-0.2, -0.15) is 0 Å². The summed E-state index contributed by atoms with van der Waals surface area (Å²) in [7, 11) is 0. The number of anilines is 1. The molecule has 1 aliphatic heterocycles. The molecule has 2 rings (SSSR count). The molecule has 1 aliphatic rings. The molecule has 1 aromatic carbocycles. The average Bonchev–Trinajstić information content (AvgIpc) is 2.75. The van der Waals surface area contributed by atoms with E-state index >= 15 is 0 Å². The highest BCUT2D eigenvalue weighted by atomic mass is 32.2. The molecule has 1 heterocycles. The van der Waals surface area contributed by atoms with Crippen LogP contribution in [0, 0.1) is 0 Å². The minimum Gasteiger partial charge on any atom is -0.394 e. The molecule has 0 unspecified atom stereocenters. The fraction of sp³-hybridized carbons (Fsp3) is 0.364. The molecular weight excluding hydrogens is 224 g/mol. The zero-order valence-electron chi connectivity index (χ0n) is 8.76. The van der Waals surface area contributed by atoms with Crippen LogP contribution in [0.4, 0.5) is 5.69 Å². The number of aliphatic imine (C=N–C) groups is 1. The highest BCUT2D eigenvalue weighted by Crippen LogP contribution is 2.27. The maximum atomic E-state index is 9.19. The third-order valence-electron chi connectivity index (χ3n) is 2.43. The molecule has 0 aliphatic carbocycles. The maximum absolute atomic E-state index is 9.19. The van der Waals surface area contributed by atoms with Crippen molar-refractivity contribution in [2.75, 3.05) is 24.3 Å². The van der Waals surface area contributed by atoms with Gasteiger partial charge in [-0.3, -0.25) is 0 Å². The van der Waals surface area contributed by atoms with Gasteiger partial charge < -0.3 is 15.5 Å². The van der Waals surface area contributed by atoms with Crippen LogP contribution in [0.3, 0.4) is 0 Å². The summed E-state index contributed by atoms with van der Waals surface area (Å²) in [6, 6.07) is 9.71. The number of aliphatic hydroxyl groups excluding tert-OH is 2. The largest absolute Gasteiger partial charge is 0.394 e. The van der Waals surface area contributed by atoms with Gasteiger partial charge in [-0.05, 0) is 12.1 Å². The second kappa shape index (κ2) is 4.86. The van der Waals surface area contributed by atoms with E-state index in [2.05, 4.69) is 10.3 Å². The number of hydrogen-bond acceptors (Lipinski definition) is 5. The lowest BCUT2D eigenvalue weighted by Crippen LogP contribution is -2.36. The van der Waals surface area contributed by atoms with Gasteiger partial charge in [-0.15, -0.1) is 0 Å². The second-order valence-electron chi connectivity index (χ2n) is 3.74. The van der Waals surface area contributed by atoms with E-state index in [1.54, 1.807) is 0 Å². The number of benzene rings is 1. The van der Waals surface area contributed by atoms with Gasteiger partial charge in [-0.25, -0.2) is 4.99 Å². The molecular formula is C11H14N2O2S. The van der Waals surface area contributed by atoms with Gasteiger partial charge in [-0.1, -0.05) is 30.0 Å². The third kappa shape index (κ3) is 2.37. The quantitative estimate of drug-likeness (QED) is 0.733. The summed E-state index contributed by atoms with van der Waals surface area (Å²) in [5.41, 5.74) is 0.238. The van der Waals surface area contributed by atoms with Crippen LogP contribution in [0.15, 0.2) is 35.3 Å². The van der Waals surface area contributed by atoms with Crippen molar-refractivity contribution < 1.29 is 10.2 Å². The summed E-state index contributed by atoms with van der Waals surface area (Å²) in [6.07, 6.45) is 0. The Kier molecular flexibility index (Phi) is 3.48. The Morgan fingerprint density at radius 1 is 1.25 bits per heavy atom. The van der Waals surface area contributed by atoms with E-state index in [0.717, 1.165) is 10.9 Å². The van der Waals surface area contributed by atoms with Crippen molar-refractivity contribution in [2.24, 2.45) is 4.99 Å². The molecule has 0 saturated heterocycles. The van der Waals surface area contributed by atoms with Crippen molar-refractivity contribution in [1.29, 1.82) is 0 Å². The average molecular weight is 238 g/mol. The molecule has 86 valence electrons. The highest BCUT2D eigenvalue weighted by molar-refractivity contribution is 8.14. The van der Waals surface area contributed by atoms with E-state index in [1.165, 1.54) is 11.8 Å². The van der Waals surface area contributed by atoms with Crippen LogP contribution in [0.5, 0.6) is 0 Å². The van der Waals surface area contributed by atoms with Gasteiger partial charge in [0, 0.05) is 11.4 Å². The molecule has 16 heavy (non-hydrogen) atoms. The van der Waals surface area contributed by atoms with Gasteiger partial charge in [0.15, 0.2) is 5.17 Å². The Balaban J connectivity index is 2.08. The van der Waals surface area contributed by atoms with Gasteiger partial charge in [0.2, 0.25) is 0 Å². The molecule has 0 bridgehead atoms. The molecule has 0 fully saturated rings. The molecule has 0 amide bonds. The monoisotopic (exact) mass is 238 g/mol. The molecule has 3 N–H and O–H groups in total. The molecule has 0 saturated carbocycles. The number of para-hydroxylation sites is 1. The van der Waals surface area contributed by atoms with Crippen molar-refractivity contribution in [3.05, 3.63) is 30.3 Å². The van der Waals surface area contributed by atoms with Crippen molar-refractivity contribution in [3.63, 3.8) is 0 Å². The topological polar surface area (TPSA) is 64.8 Å². The Morgan fingerprint density at radius 3 is 2.50 bits per heavy atom. The number of nitrogens with one attached hydrogen (secondary N) is 1. The first-order valence-corrected chi connectivity index (χ1v) is 6.03. The number of thioether (sulfide) groups is 1. The predicted molar refractivity (Wildman–Crippen MR) is 66.9 cm³/mol. The van der Waals surface area contributed by atoms with Crippen LogP contribution in [0.1, 0.15) is 0 Å². The van der Waals surface area contributed by atoms with E-state index in [-0.39, 0.29) is 13.2 Å². The summed E-state index contributed by atoms with van der Waals surface area (Å²) in [6.45, 7) is -0.257. The minimum atomic E-state index is -0.720. The van der Waals surface area contributed by atoms with Gasteiger partial charge in [0.25, 0.3) is 0 Å². The standard InChI is InChI=1S/C11H14N2O2S/c14-6-11(7-15)8-16-10(13-11)12-9-4-2-1-3-5-9/h1-5,14-15H,6-8H2,(H,12,13). The fourth-order valence-corrected chi connectivity index (χ4v) is 2.50. The van der Waals surface area contributed by atoms with E-state index in [4.69, 9.17) is 0 Å². The van der Waals surface area contributed by atoms with E-state index in [9.17, 15) is 10.2 Å². The first kappa shape index (κ1) is 11.4. The van der Waals surface area contributed by atoms with Crippen LogP contribution in [-0.2, 0) is 0 Å². The Labute approximate surface area is 98.4 Å². The zero-order chi connectivity index (χ0) is 11.4. The summed E-state index contributed by atoms with van der Waals surface area (Å²) in [5.74, 6) is 0.606. The summed E-state index contributed by atoms with van der Waals surface area (Å²) >= 11 is 1.51. The van der Waals surface area contributed by atoms with Crippen molar-refractivity contribution in [3.8, 4) is 0 Å². The van der Waals surface area contributed by atoms with Crippen molar-refractivity contribution >= 4 is 22.6 Å². The van der Waals surface area contributed by atoms with Gasteiger partial charge in [0.05, 0.1) is 13.2 Å². The van der Waals surface area contributed by atoms with E-state index in [1.807, 2.05) is 30.3 Å². The lowest BCUT2D eigenvalue weighted by Gasteiger charge is -2.18. The fourth-order valence-electron chi connectivity index (χ4n) is 1.40. The highest BCUT2D eigenvalue weighted by Gasteiger charge is 2.34. The minimum absolute atomic E-state index is 0.129. The van der Waals surface area contributed by atoms with Crippen LogP contribution >= 0.6 is 11.8 Å². The normalized spacial score (nSPS) is 18.2. The lowest BCUT2D eigenvalue weighted by molar-refractivity contribution is 0.140. The second-order valence-corrected chi connectivity index (χ2v) is 4.70. The number of nitrogens with zero attached hydrogens (tertiary/aromatic N) is 1. The molecule has 5 heteroatoms. The van der Waals surface area contributed by atoms with E-state index < -0.39 is 5.54 Å². The first-order chi connectivity index (χ1) is 7.78. The first-order valence-electron chi connectivity index (χ1n) is 5.04. The molecule has 0 spiro atoms. The maximum Gasteiger partial charge on any atom is 0.161 e. The number of aliphatic hydroxyl groups is 2. The molecule has 0 aromatic heterocycles. The number of hydrogen-bond donors (Lipinski definition) is 3. The lowest BCUT2D eigenvalue weighted by atomic mass is 10.1. The third-order valence-corrected chi connectivity index (χ3v) is 3.58. The van der Waals surface area contributed by atoms with Crippen LogP contribution in [0.25, 0.3) is 0 Å². The summed E-state index contributed by atoms with van der Waals surface area (Å²) in [5, 5.41) is 22.3.